The molecule has 2 atom stereocenters. The molecule has 100 valence electrons. The maximum Gasteiger partial charge on any atom is 0.150 e. The van der Waals surface area contributed by atoms with Crippen LogP contribution in [0.4, 0.5) is 0 Å². The molecule has 0 saturated carbocycles. The van der Waals surface area contributed by atoms with Crippen LogP contribution in [0.3, 0.4) is 0 Å². The number of aryl methyl sites for hydroxylation is 1. The monoisotopic (exact) mass is 248 g/mol. The molecule has 3 heterocycles. The van der Waals surface area contributed by atoms with Gasteiger partial charge in [-0.25, -0.2) is 0 Å². The van der Waals surface area contributed by atoms with Crippen LogP contribution in [0.5, 0.6) is 0 Å². The number of fused-ring (bicyclic) bond motifs is 1. The summed E-state index contributed by atoms with van der Waals surface area (Å²) in [5, 5.41) is 8.93. The second-order valence-corrected chi connectivity index (χ2v) is 6.22. The number of aromatic nitrogens is 3. The Balaban J connectivity index is 1.90. The zero-order valence-corrected chi connectivity index (χ0v) is 11.8. The molecule has 0 aliphatic carbocycles. The van der Waals surface area contributed by atoms with Gasteiger partial charge in [-0.05, 0) is 45.6 Å². The number of likely N-dealkylation sites (tertiary alicyclic amines) is 1. The molecule has 0 N–H and O–H groups in total. The third-order valence-corrected chi connectivity index (χ3v) is 4.47. The standard InChI is InChI=1S/C14H24N4/c1-10(2)17-8-4-5-12(17)14-16-15-13-7-6-11(3)9-18(13)14/h10-12H,4-9H2,1-3H3. The Morgan fingerprint density at radius 3 is 2.83 bits per heavy atom. The summed E-state index contributed by atoms with van der Waals surface area (Å²) in [5.41, 5.74) is 0. The Bertz CT molecular complexity index is 423. The van der Waals surface area contributed by atoms with Gasteiger partial charge in [0.15, 0.2) is 0 Å². The first-order chi connectivity index (χ1) is 8.66. The normalized spacial score (nSPS) is 28.9. The van der Waals surface area contributed by atoms with E-state index in [1.54, 1.807) is 0 Å². The summed E-state index contributed by atoms with van der Waals surface area (Å²) >= 11 is 0. The first kappa shape index (κ1) is 12.2. The number of rotatable bonds is 2. The Morgan fingerprint density at radius 2 is 2.06 bits per heavy atom. The molecule has 1 aromatic rings. The van der Waals surface area contributed by atoms with E-state index in [0.717, 1.165) is 18.9 Å². The lowest BCUT2D eigenvalue weighted by atomic mass is 10.0. The molecule has 0 spiro atoms. The lowest BCUT2D eigenvalue weighted by Crippen LogP contribution is -2.32. The third kappa shape index (κ3) is 1.96. The maximum atomic E-state index is 4.52. The van der Waals surface area contributed by atoms with Crippen molar-refractivity contribution in [1.29, 1.82) is 0 Å². The van der Waals surface area contributed by atoms with Crippen molar-refractivity contribution in [2.45, 2.75) is 65.1 Å². The summed E-state index contributed by atoms with van der Waals surface area (Å²) in [5.74, 6) is 3.20. The van der Waals surface area contributed by atoms with E-state index < -0.39 is 0 Å². The number of hydrogen-bond donors (Lipinski definition) is 0. The highest BCUT2D eigenvalue weighted by molar-refractivity contribution is 5.06. The third-order valence-electron chi connectivity index (χ3n) is 4.47. The van der Waals surface area contributed by atoms with E-state index in [9.17, 15) is 0 Å². The van der Waals surface area contributed by atoms with Gasteiger partial charge in [-0.2, -0.15) is 0 Å². The second kappa shape index (κ2) is 4.65. The average Bonchev–Trinajstić information content (AvgIpc) is 2.92. The quantitative estimate of drug-likeness (QED) is 0.806. The van der Waals surface area contributed by atoms with Gasteiger partial charge in [-0.3, -0.25) is 4.90 Å². The summed E-state index contributed by atoms with van der Waals surface area (Å²) in [6.07, 6.45) is 4.89. The minimum Gasteiger partial charge on any atom is -0.313 e. The fourth-order valence-corrected chi connectivity index (χ4v) is 3.44. The van der Waals surface area contributed by atoms with Crippen LogP contribution in [0.15, 0.2) is 0 Å². The highest BCUT2D eigenvalue weighted by Gasteiger charge is 2.33. The first-order valence-electron chi connectivity index (χ1n) is 7.34. The topological polar surface area (TPSA) is 34.0 Å². The van der Waals surface area contributed by atoms with E-state index in [4.69, 9.17) is 0 Å². The molecule has 1 aromatic heterocycles. The summed E-state index contributed by atoms with van der Waals surface area (Å²) in [6.45, 7) is 9.23. The van der Waals surface area contributed by atoms with E-state index in [1.807, 2.05) is 0 Å². The highest BCUT2D eigenvalue weighted by Crippen LogP contribution is 2.34. The van der Waals surface area contributed by atoms with Crippen LogP contribution in [0, 0.1) is 5.92 Å². The van der Waals surface area contributed by atoms with Crippen molar-refractivity contribution in [3.05, 3.63) is 11.6 Å². The van der Waals surface area contributed by atoms with Gasteiger partial charge >= 0.3 is 0 Å². The molecule has 4 heteroatoms. The minimum atomic E-state index is 0.497. The smallest absolute Gasteiger partial charge is 0.150 e. The Labute approximate surface area is 109 Å². The molecular formula is C14H24N4. The second-order valence-electron chi connectivity index (χ2n) is 6.22. The van der Waals surface area contributed by atoms with E-state index in [-0.39, 0.29) is 0 Å². The lowest BCUT2D eigenvalue weighted by Gasteiger charge is -2.29. The van der Waals surface area contributed by atoms with Crippen LogP contribution >= 0.6 is 0 Å². The molecule has 0 radical (unpaired) electrons. The Kier molecular flexibility index (Phi) is 3.14. The molecule has 1 saturated heterocycles. The van der Waals surface area contributed by atoms with Gasteiger partial charge in [0.2, 0.25) is 0 Å². The average molecular weight is 248 g/mol. The van der Waals surface area contributed by atoms with Crippen LogP contribution in [0.2, 0.25) is 0 Å². The molecule has 0 amide bonds. The van der Waals surface area contributed by atoms with E-state index >= 15 is 0 Å². The van der Waals surface area contributed by atoms with Gasteiger partial charge in [-0.15, -0.1) is 10.2 Å². The predicted molar refractivity (Wildman–Crippen MR) is 71.3 cm³/mol. The molecular weight excluding hydrogens is 224 g/mol. The van der Waals surface area contributed by atoms with Crippen molar-refractivity contribution in [2.24, 2.45) is 5.92 Å². The fourth-order valence-electron chi connectivity index (χ4n) is 3.44. The molecule has 2 unspecified atom stereocenters. The van der Waals surface area contributed by atoms with Crippen LogP contribution in [-0.4, -0.2) is 32.3 Å². The van der Waals surface area contributed by atoms with Crippen molar-refractivity contribution in [1.82, 2.24) is 19.7 Å². The molecule has 2 aliphatic heterocycles. The summed E-state index contributed by atoms with van der Waals surface area (Å²) in [7, 11) is 0. The van der Waals surface area contributed by atoms with Crippen molar-refractivity contribution in [2.75, 3.05) is 6.54 Å². The lowest BCUT2D eigenvalue weighted by molar-refractivity contribution is 0.191. The Hall–Kier alpha value is -0.900. The van der Waals surface area contributed by atoms with Gasteiger partial charge in [-0.1, -0.05) is 6.92 Å². The van der Waals surface area contributed by atoms with Crippen molar-refractivity contribution >= 4 is 0 Å². The molecule has 0 bridgehead atoms. The molecule has 1 fully saturated rings. The van der Waals surface area contributed by atoms with Crippen molar-refractivity contribution in [3.63, 3.8) is 0 Å². The maximum absolute atomic E-state index is 4.52. The molecule has 4 nitrogen and oxygen atoms in total. The molecule has 0 aromatic carbocycles. The van der Waals surface area contributed by atoms with Crippen molar-refractivity contribution < 1.29 is 0 Å². The van der Waals surface area contributed by atoms with E-state index in [2.05, 4.69) is 40.4 Å². The highest BCUT2D eigenvalue weighted by atomic mass is 15.3. The molecule has 2 aliphatic rings. The van der Waals surface area contributed by atoms with Crippen LogP contribution in [0.1, 0.15) is 57.7 Å². The first-order valence-corrected chi connectivity index (χ1v) is 7.34. The summed E-state index contributed by atoms with van der Waals surface area (Å²) < 4.78 is 2.40. The van der Waals surface area contributed by atoms with Gasteiger partial charge in [0.25, 0.3) is 0 Å². The minimum absolute atomic E-state index is 0.497. The van der Waals surface area contributed by atoms with Gasteiger partial charge in [0.05, 0.1) is 6.04 Å². The fraction of sp³-hybridized carbons (Fsp3) is 0.857. The predicted octanol–water partition coefficient (Wildman–Crippen LogP) is 2.41. The van der Waals surface area contributed by atoms with Crippen molar-refractivity contribution in [3.8, 4) is 0 Å². The zero-order chi connectivity index (χ0) is 12.7. The summed E-state index contributed by atoms with van der Waals surface area (Å²) in [6, 6.07) is 1.10. The Morgan fingerprint density at radius 1 is 1.22 bits per heavy atom. The van der Waals surface area contributed by atoms with Crippen LogP contribution < -0.4 is 0 Å². The molecule has 18 heavy (non-hydrogen) atoms. The van der Waals surface area contributed by atoms with E-state index in [1.165, 1.54) is 37.5 Å². The largest absolute Gasteiger partial charge is 0.313 e. The molecule has 3 rings (SSSR count). The van der Waals surface area contributed by atoms with Gasteiger partial charge in [0, 0.05) is 19.0 Å². The van der Waals surface area contributed by atoms with Crippen LogP contribution in [0.25, 0.3) is 0 Å². The number of nitrogens with zero attached hydrogens (tertiary/aromatic N) is 4. The van der Waals surface area contributed by atoms with Crippen LogP contribution in [-0.2, 0) is 13.0 Å². The summed E-state index contributed by atoms with van der Waals surface area (Å²) in [4.78, 5) is 2.58. The van der Waals surface area contributed by atoms with Gasteiger partial charge < -0.3 is 4.57 Å². The SMILES string of the molecule is CC1CCc2nnc(C3CCCN3C(C)C)n2C1. The van der Waals surface area contributed by atoms with E-state index in [0.29, 0.717) is 12.1 Å². The zero-order valence-electron chi connectivity index (χ0n) is 11.8. The number of hydrogen-bond acceptors (Lipinski definition) is 3. The van der Waals surface area contributed by atoms with Gasteiger partial charge in [0.1, 0.15) is 11.6 Å².